The summed E-state index contributed by atoms with van der Waals surface area (Å²) in [5, 5.41) is 0. The average Bonchev–Trinajstić information content (AvgIpc) is 0.811. The van der Waals surface area contributed by atoms with E-state index in [4.69, 9.17) is 3.68 Å². The molecule has 0 aromatic heterocycles. The zero-order valence-corrected chi connectivity index (χ0v) is 8.04. The van der Waals surface area contributed by atoms with Crippen LogP contribution >= 0.6 is 18.0 Å². The number of rotatable bonds is 0. The first-order valence-corrected chi connectivity index (χ1v) is 16.1. The number of hydrogen-bond donors (Lipinski definition) is 1. The fraction of sp³-hybridized carbons (Fsp3) is 1.00. The predicted molar refractivity (Wildman–Crippen MR) is 29.8 cm³/mol. The topological polar surface area (TPSA) is 26.0 Å². The Hall–Kier alpha value is 1.57. The van der Waals surface area contributed by atoms with Crippen LogP contribution < -0.4 is 3.68 Å². The van der Waals surface area contributed by atoms with Crippen molar-refractivity contribution >= 4 is 35.9 Å². The Morgan fingerprint density at radius 1 is 2.00 bits per heavy atom. The molecular weight excluding hydrogens is 362 g/mol. The molecule has 0 aromatic carbocycles. The third-order valence-corrected chi connectivity index (χ3v) is 0. The van der Waals surface area contributed by atoms with Crippen LogP contribution in [-0.4, -0.2) is 17.9 Å². The van der Waals surface area contributed by atoms with Crippen molar-refractivity contribution in [2.45, 2.75) is 4.63 Å². The fourth-order valence-electron chi connectivity index (χ4n) is 0. The van der Waals surface area contributed by atoms with Crippen LogP contribution in [0.4, 0.5) is 0 Å². The molecule has 26 valence electrons. The van der Waals surface area contributed by atoms with Gasteiger partial charge in [-0.2, -0.15) is 0 Å². The molecular formula is CH5BiIN. The van der Waals surface area contributed by atoms with Gasteiger partial charge >= 0.3 is 44.2 Å². The van der Waals surface area contributed by atoms with Crippen LogP contribution in [0.1, 0.15) is 0 Å². The second-order valence-corrected chi connectivity index (χ2v) is 18.0. The molecule has 0 unspecified atom stereocenters. The standard InChI is InChI=1S/CH3.Bi.HI.H2N/h1H3;;1H;1H2/q;+2;;-1/p-1. The molecule has 0 atom stereocenters. The molecule has 0 saturated carbocycles. The predicted octanol–water partition coefficient (Wildman–Crippen LogP) is 0.498. The molecule has 0 aromatic rings. The Labute approximate surface area is 43.7 Å². The molecule has 3 heteroatoms. The Balaban J connectivity index is 2.32. The SMILES string of the molecule is [CH3][Bi]([NH2])[I]. The van der Waals surface area contributed by atoms with Crippen molar-refractivity contribution in [1.29, 1.82) is 0 Å². The molecule has 0 fully saturated rings. The summed E-state index contributed by atoms with van der Waals surface area (Å²) in [5.41, 5.74) is 0. The summed E-state index contributed by atoms with van der Waals surface area (Å²) in [4.78, 5) is 0. The normalized spacial score (nSPS) is 9.00. The van der Waals surface area contributed by atoms with Gasteiger partial charge in [0.05, 0.1) is 0 Å². The van der Waals surface area contributed by atoms with E-state index < -0.39 is 17.9 Å². The van der Waals surface area contributed by atoms with E-state index in [9.17, 15) is 0 Å². The molecule has 1 nitrogen and oxygen atoms in total. The van der Waals surface area contributed by atoms with Crippen molar-refractivity contribution in [3.8, 4) is 0 Å². The maximum absolute atomic E-state index is 5.30. The zero-order chi connectivity index (χ0) is 3.58. The van der Waals surface area contributed by atoms with E-state index in [-0.39, 0.29) is 0 Å². The number of hydrogen-bond acceptors (Lipinski definition) is 1. The Morgan fingerprint density at radius 2 is 2.00 bits per heavy atom. The molecule has 0 amide bonds. The summed E-state index contributed by atoms with van der Waals surface area (Å²) in [6.45, 7) is 0. The summed E-state index contributed by atoms with van der Waals surface area (Å²) in [6.07, 6.45) is 0. The van der Waals surface area contributed by atoms with Gasteiger partial charge in [0.1, 0.15) is 0 Å². The Morgan fingerprint density at radius 3 is 2.00 bits per heavy atom. The van der Waals surface area contributed by atoms with E-state index >= 15 is 0 Å². The second kappa shape index (κ2) is 2.79. The van der Waals surface area contributed by atoms with Gasteiger partial charge in [-0.1, -0.05) is 0 Å². The van der Waals surface area contributed by atoms with Crippen LogP contribution in [0.15, 0.2) is 0 Å². The summed E-state index contributed by atoms with van der Waals surface area (Å²) >= 11 is 1.20. The third-order valence-electron chi connectivity index (χ3n) is 0. The van der Waals surface area contributed by atoms with Gasteiger partial charge in [-0.3, -0.25) is 0 Å². The summed E-state index contributed by atoms with van der Waals surface area (Å²) in [5.74, 6) is 0. The molecule has 0 radical (unpaired) electrons. The first-order valence-electron chi connectivity index (χ1n) is 0.874. The van der Waals surface area contributed by atoms with Crippen molar-refractivity contribution in [2.75, 3.05) is 0 Å². The van der Waals surface area contributed by atoms with Crippen LogP contribution in [-0.2, 0) is 0 Å². The van der Waals surface area contributed by atoms with E-state index in [2.05, 4.69) is 22.7 Å². The van der Waals surface area contributed by atoms with Crippen LogP contribution in [0, 0.1) is 0 Å². The van der Waals surface area contributed by atoms with Crippen molar-refractivity contribution in [3.05, 3.63) is 0 Å². The van der Waals surface area contributed by atoms with Crippen molar-refractivity contribution in [3.63, 3.8) is 0 Å². The van der Waals surface area contributed by atoms with E-state index in [1.807, 2.05) is 0 Å². The van der Waals surface area contributed by atoms with Gasteiger partial charge in [0, 0.05) is 0 Å². The van der Waals surface area contributed by atoms with Gasteiger partial charge < -0.3 is 0 Å². The number of nitrogens with two attached hydrogens (primary N) is 1. The molecule has 0 heterocycles. The van der Waals surface area contributed by atoms with Crippen LogP contribution in [0.5, 0.6) is 0 Å². The summed E-state index contributed by atoms with van der Waals surface area (Å²) in [7, 11) is 0. The van der Waals surface area contributed by atoms with E-state index in [0.29, 0.717) is 0 Å². The van der Waals surface area contributed by atoms with Crippen molar-refractivity contribution in [2.24, 2.45) is 3.68 Å². The van der Waals surface area contributed by atoms with E-state index in [1.165, 1.54) is 0 Å². The first kappa shape index (κ1) is 5.57. The first-order chi connectivity index (χ1) is 1.73. The molecule has 0 spiro atoms. The monoisotopic (exact) mass is 367 g/mol. The van der Waals surface area contributed by atoms with Crippen LogP contribution in [0.2, 0.25) is 4.63 Å². The van der Waals surface area contributed by atoms with E-state index in [1.54, 1.807) is 0 Å². The molecule has 0 aliphatic rings. The van der Waals surface area contributed by atoms with Crippen LogP contribution in [0.25, 0.3) is 0 Å². The summed E-state index contributed by atoms with van der Waals surface area (Å²) < 4.78 is 7.44. The molecule has 2 N–H and O–H groups in total. The third kappa shape index (κ3) is 9.56. The van der Waals surface area contributed by atoms with Crippen molar-refractivity contribution < 1.29 is 0 Å². The molecule has 0 rings (SSSR count). The minimum absolute atomic E-state index is 1.12. The fourth-order valence-corrected chi connectivity index (χ4v) is 0. The number of halogens is 1. The summed E-state index contributed by atoms with van der Waals surface area (Å²) in [6, 6.07) is 0. The minimum atomic E-state index is -1.12. The van der Waals surface area contributed by atoms with Gasteiger partial charge in [-0.25, -0.2) is 0 Å². The molecule has 4 heavy (non-hydrogen) atoms. The molecule has 0 aliphatic heterocycles. The molecule has 0 bridgehead atoms. The van der Waals surface area contributed by atoms with Crippen LogP contribution in [0.3, 0.4) is 0 Å². The Kier molecular flexibility index (Phi) is 3.89. The molecule has 0 saturated heterocycles. The van der Waals surface area contributed by atoms with E-state index in [0.717, 1.165) is 0 Å². The maximum atomic E-state index is 5.30. The van der Waals surface area contributed by atoms with Gasteiger partial charge in [0.15, 0.2) is 0 Å². The van der Waals surface area contributed by atoms with Gasteiger partial charge in [0.2, 0.25) is 0 Å². The van der Waals surface area contributed by atoms with Gasteiger partial charge in [0.25, 0.3) is 0 Å². The van der Waals surface area contributed by atoms with Gasteiger partial charge in [-0.05, 0) is 0 Å². The average molecular weight is 367 g/mol. The molecule has 0 aliphatic carbocycles. The zero-order valence-electron chi connectivity index (χ0n) is 2.40. The Bertz CT molecular complexity index is 12.8. The van der Waals surface area contributed by atoms with Gasteiger partial charge in [-0.15, -0.1) is 0 Å². The van der Waals surface area contributed by atoms with Crippen molar-refractivity contribution in [1.82, 2.24) is 0 Å². The quantitative estimate of drug-likeness (QED) is 0.490. The second-order valence-electron chi connectivity index (χ2n) is 0.525.